The number of hydrogen-bond donors (Lipinski definition) is 2. The van der Waals surface area contributed by atoms with Crippen molar-refractivity contribution in [1.82, 2.24) is 0 Å². The Bertz CT molecular complexity index is 532. The number of anilines is 1. The standard InChI is InChI=1S/C17H21NOS/c19-12-13-5-3-8-15(11-13)18-17(14-6-1-2-7-14)16-9-4-10-20-16/h3-5,8-11,14,17-19H,1-2,6-7,12H2. The van der Waals surface area contributed by atoms with Gasteiger partial charge in [0, 0.05) is 10.6 Å². The second kappa shape index (κ2) is 6.42. The minimum Gasteiger partial charge on any atom is -0.392 e. The molecule has 2 aromatic rings. The van der Waals surface area contributed by atoms with Crippen LogP contribution in [0.1, 0.15) is 42.2 Å². The first-order chi connectivity index (χ1) is 9.86. The van der Waals surface area contributed by atoms with Crippen LogP contribution >= 0.6 is 11.3 Å². The maximum Gasteiger partial charge on any atom is 0.0682 e. The molecular formula is C17H21NOS. The molecule has 0 radical (unpaired) electrons. The van der Waals surface area contributed by atoms with Gasteiger partial charge in [-0.2, -0.15) is 0 Å². The van der Waals surface area contributed by atoms with Crippen molar-refractivity contribution in [1.29, 1.82) is 0 Å². The molecule has 106 valence electrons. The monoisotopic (exact) mass is 287 g/mol. The van der Waals surface area contributed by atoms with Crippen LogP contribution in [0.5, 0.6) is 0 Å². The van der Waals surface area contributed by atoms with Crippen LogP contribution in [0.15, 0.2) is 41.8 Å². The third kappa shape index (κ3) is 3.05. The van der Waals surface area contributed by atoms with Crippen LogP contribution in [0.3, 0.4) is 0 Å². The zero-order valence-electron chi connectivity index (χ0n) is 11.6. The summed E-state index contributed by atoms with van der Waals surface area (Å²) in [7, 11) is 0. The van der Waals surface area contributed by atoms with Gasteiger partial charge in [-0.15, -0.1) is 11.3 Å². The van der Waals surface area contributed by atoms with Gasteiger partial charge in [0.2, 0.25) is 0 Å². The molecule has 1 heterocycles. The lowest BCUT2D eigenvalue weighted by atomic mass is 9.96. The van der Waals surface area contributed by atoms with Gasteiger partial charge < -0.3 is 10.4 Å². The minimum atomic E-state index is 0.0998. The van der Waals surface area contributed by atoms with E-state index in [4.69, 9.17) is 0 Å². The summed E-state index contributed by atoms with van der Waals surface area (Å²) >= 11 is 1.84. The largest absolute Gasteiger partial charge is 0.392 e. The molecule has 2 N–H and O–H groups in total. The molecule has 1 fully saturated rings. The zero-order valence-corrected chi connectivity index (χ0v) is 12.4. The van der Waals surface area contributed by atoms with Crippen molar-refractivity contribution in [2.24, 2.45) is 5.92 Å². The molecule has 1 aromatic heterocycles. The normalized spacial score (nSPS) is 17.2. The Morgan fingerprint density at radius 3 is 2.75 bits per heavy atom. The second-order valence-electron chi connectivity index (χ2n) is 5.54. The average molecular weight is 287 g/mol. The average Bonchev–Trinajstić information content (AvgIpc) is 3.18. The van der Waals surface area contributed by atoms with Crippen LogP contribution in [0.2, 0.25) is 0 Å². The molecule has 1 aromatic carbocycles. The van der Waals surface area contributed by atoms with Crippen molar-refractivity contribution in [2.45, 2.75) is 38.3 Å². The molecule has 1 aliphatic carbocycles. The number of rotatable bonds is 5. The van der Waals surface area contributed by atoms with Crippen LogP contribution in [0.4, 0.5) is 5.69 Å². The van der Waals surface area contributed by atoms with E-state index >= 15 is 0 Å². The van der Waals surface area contributed by atoms with Crippen LogP contribution in [-0.4, -0.2) is 5.11 Å². The summed E-state index contributed by atoms with van der Waals surface area (Å²) in [6, 6.07) is 12.9. The van der Waals surface area contributed by atoms with Gasteiger partial charge in [0.05, 0.1) is 12.6 Å². The molecule has 1 saturated carbocycles. The quantitative estimate of drug-likeness (QED) is 0.843. The fourth-order valence-corrected chi connectivity index (χ4v) is 3.99. The molecule has 1 unspecified atom stereocenters. The highest BCUT2D eigenvalue weighted by molar-refractivity contribution is 7.10. The van der Waals surface area contributed by atoms with E-state index in [1.807, 2.05) is 23.5 Å². The van der Waals surface area contributed by atoms with Gasteiger partial charge in [0.1, 0.15) is 0 Å². The van der Waals surface area contributed by atoms with Gasteiger partial charge in [0.15, 0.2) is 0 Å². The molecule has 20 heavy (non-hydrogen) atoms. The van der Waals surface area contributed by atoms with Gasteiger partial charge >= 0.3 is 0 Å². The first kappa shape index (κ1) is 13.7. The lowest BCUT2D eigenvalue weighted by Gasteiger charge is -2.25. The molecule has 3 heteroatoms. The van der Waals surface area contributed by atoms with Crippen molar-refractivity contribution in [3.63, 3.8) is 0 Å². The van der Waals surface area contributed by atoms with Gasteiger partial charge in [-0.3, -0.25) is 0 Å². The summed E-state index contributed by atoms with van der Waals surface area (Å²) in [5.74, 6) is 0.728. The summed E-state index contributed by atoms with van der Waals surface area (Å²) in [5.41, 5.74) is 2.08. The molecule has 1 atom stereocenters. The Morgan fingerprint density at radius 1 is 1.20 bits per heavy atom. The number of hydrogen-bond acceptors (Lipinski definition) is 3. The summed E-state index contributed by atoms with van der Waals surface area (Å²) < 4.78 is 0. The van der Waals surface area contributed by atoms with Gasteiger partial charge in [0.25, 0.3) is 0 Å². The summed E-state index contributed by atoms with van der Waals surface area (Å²) in [6.07, 6.45) is 5.33. The molecule has 0 aliphatic heterocycles. The summed E-state index contributed by atoms with van der Waals surface area (Å²) in [6.45, 7) is 0.0998. The highest BCUT2D eigenvalue weighted by Crippen LogP contribution is 2.39. The number of aliphatic hydroxyl groups excluding tert-OH is 1. The molecule has 0 bridgehead atoms. The van der Waals surface area contributed by atoms with Gasteiger partial charge in [-0.1, -0.05) is 31.0 Å². The van der Waals surface area contributed by atoms with Gasteiger partial charge in [-0.05, 0) is 47.9 Å². The molecule has 3 rings (SSSR count). The molecule has 0 amide bonds. The zero-order chi connectivity index (χ0) is 13.8. The minimum absolute atomic E-state index is 0.0998. The van der Waals surface area contributed by atoms with E-state index in [0.29, 0.717) is 6.04 Å². The second-order valence-corrected chi connectivity index (χ2v) is 6.52. The fourth-order valence-electron chi connectivity index (χ4n) is 3.12. The predicted octanol–water partition coefficient (Wildman–Crippen LogP) is 4.58. The fraction of sp³-hybridized carbons (Fsp3) is 0.412. The number of thiophene rings is 1. The summed E-state index contributed by atoms with van der Waals surface area (Å²) in [4.78, 5) is 1.42. The lowest BCUT2D eigenvalue weighted by molar-refractivity contribution is 0.282. The van der Waals surface area contributed by atoms with Crippen molar-refractivity contribution in [2.75, 3.05) is 5.32 Å². The van der Waals surface area contributed by atoms with Crippen molar-refractivity contribution in [3.05, 3.63) is 52.2 Å². The topological polar surface area (TPSA) is 32.3 Å². The van der Waals surface area contributed by atoms with Crippen LogP contribution < -0.4 is 5.32 Å². The maximum absolute atomic E-state index is 9.27. The smallest absolute Gasteiger partial charge is 0.0682 e. The van der Waals surface area contributed by atoms with E-state index in [-0.39, 0.29) is 6.61 Å². The van der Waals surface area contributed by atoms with E-state index in [0.717, 1.165) is 17.2 Å². The van der Waals surface area contributed by atoms with Gasteiger partial charge in [-0.25, -0.2) is 0 Å². The van der Waals surface area contributed by atoms with E-state index in [1.165, 1.54) is 30.6 Å². The molecule has 0 saturated heterocycles. The first-order valence-electron chi connectivity index (χ1n) is 7.36. The van der Waals surface area contributed by atoms with Crippen LogP contribution in [0, 0.1) is 5.92 Å². The third-order valence-corrected chi connectivity index (χ3v) is 5.11. The molecule has 0 spiro atoms. The van der Waals surface area contributed by atoms with E-state index < -0.39 is 0 Å². The highest BCUT2D eigenvalue weighted by Gasteiger charge is 2.26. The third-order valence-electron chi connectivity index (χ3n) is 4.15. The van der Waals surface area contributed by atoms with E-state index in [9.17, 15) is 5.11 Å². The van der Waals surface area contributed by atoms with Crippen LogP contribution in [-0.2, 0) is 6.61 Å². The first-order valence-corrected chi connectivity index (χ1v) is 8.24. The number of nitrogens with one attached hydrogen (secondary N) is 1. The van der Waals surface area contributed by atoms with Crippen molar-refractivity contribution < 1.29 is 5.11 Å². The van der Waals surface area contributed by atoms with E-state index in [2.05, 4.69) is 35.0 Å². The predicted molar refractivity (Wildman–Crippen MR) is 85.0 cm³/mol. The Morgan fingerprint density at radius 2 is 2.05 bits per heavy atom. The SMILES string of the molecule is OCc1cccc(NC(c2cccs2)C2CCCC2)c1. The highest BCUT2D eigenvalue weighted by atomic mass is 32.1. The van der Waals surface area contributed by atoms with Crippen molar-refractivity contribution in [3.8, 4) is 0 Å². The Balaban J connectivity index is 1.82. The number of benzene rings is 1. The Kier molecular flexibility index (Phi) is 4.38. The molecule has 1 aliphatic rings. The Labute approximate surface area is 124 Å². The maximum atomic E-state index is 9.27. The van der Waals surface area contributed by atoms with E-state index in [1.54, 1.807) is 0 Å². The Hall–Kier alpha value is -1.32. The molecule has 2 nitrogen and oxygen atoms in total. The number of aliphatic hydroxyl groups is 1. The summed E-state index contributed by atoms with van der Waals surface area (Å²) in [5, 5.41) is 15.1. The van der Waals surface area contributed by atoms with Crippen molar-refractivity contribution >= 4 is 17.0 Å². The van der Waals surface area contributed by atoms with Crippen LogP contribution in [0.25, 0.3) is 0 Å². The lowest BCUT2D eigenvalue weighted by Crippen LogP contribution is -2.18. The molecular weight excluding hydrogens is 266 g/mol.